The zero-order valence-electron chi connectivity index (χ0n) is 10.1. The summed E-state index contributed by atoms with van der Waals surface area (Å²) < 4.78 is 5.00. The lowest BCUT2D eigenvalue weighted by Gasteiger charge is -2.24. The summed E-state index contributed by atoms with van der Waals surface area (Å²) in [5.74, 6) is 0. The SMILES string of the molecule is COCCCCCCC(Cl)C(C)(C)C. The van der Waals surface area contributed by atoms with E-state index in [1.54, 1.807) is 7.11 Å². The largest absolute Gasteiger partial charge is 0.385 e. The van der Waals surface area contributed by atoms with Crippen LogP contribution in [-0.2, 0) is 4.74 Å². The van der Waals surface area contributed by atoms with Crippen molar-refractivity contribution in [3.63, 3.8) is 0 Å². The minimum Gasteiger partial charge on any atom is -0.385 e. The molecule has 0 saturated carbocycles. The average Bonchev–Trinajstić information content (AvgIpc) is 2.09. The first-order chi connectivity index (χ1) is 6.48. The first-order valence-corrected chi connectivity index (χ1v) is 6.05. The normalized spacial score (nSPS) is 14.4. The summed E-state index contributed by atoms with van der Waals surface area (Å²) in [5.41, 5.74) is 0.244. The van der Waals surface area contributed by atoms with Crippen LogP contribution >= 0.6 is 11.6 Å². The fraction of sp³-hybridized carbons (Fsp3) is 1.00. The second-order valence-corrected chi connectivity index (χ2v) is 5.56. The Bertz CT molecular complexity index is 129. The van der Waals surface area contributed by atoms with Gasteiger partial charge in [0.1, 0.15) is 0 Å². The molecule has 0 aliphatic carbocycles. The number of ether oxygens (including phenoxy) is 1. The van der Waals surface area contributed by atoms with E-state index in [-0.39, 0.29) is 5.41 Å². The van der Waals surface area contributed by atoms with Gasteiger partial charge >= 0.3 is 0 Å². The maximum Gasteiger partial charge on any atom is 0.0462 e. The Kier molecular flexibility index (Phi) is 7.66. The molecule has 0 heterocycles. The molecule has 0 aromatic heterocycles. The Morgan fingerprint density at radius 3 is 2.14 bits per heavy atom. The van der Waals surface area contributed by atoms with E-state index in [9.17, 15) is 0 Å². The molecule has 0 amide bonds. The minimum absolute atomic E-state index is 0.244. The summed E-state index contributed by atoms with van der Waals surface area (Å²) in [6.07, 6.45) is 6.11. The van der Waals surface area contributed by atoms with Gasteiger partial charge in [0.25, 0.3) is 0 Å². The molecule has 0 N–H and O–H groups in total. The molecule has 0 radical (unpaired) electrons. The van der Waals surface area contributed by atoms with Gasteiger partial charge in [-0.2, -0.15) is 0 Å². The third-order valence-electron chi connectivity index (χ3n) is 2.50. The average molecular weight is 221 g/mol. The summed E-state index contributed by atoms with van der Waals surface area (Å²) in [7, 11) is 1.76. The summed E-state index contributed by atoms with van der Waals surface area (Å²) in [6, 6.07) is 0. The molecule has 0 rings (SSSR count). The first kappa shape index (κ1) is 14.2. The molecule has 0 saturated heterocycles. The topological polar surface area (TPSA) is 9.23 Å². The monoisotopic (exact) mass is 220 g/mol. The Morgan fingerprint density at radius 1 is 1.07 bits per heavy atom. The molecule has 2 heteroatoms. The second kappa shape index (κ2) is 7.53. The molecule has 1 atom stereocenters. The van der Waals surface area contributed by atoms with Gasteiger partial charge in [-0.05, 0) is 18.3 Å². The molecular formula is C12H25ClO. The van der Waals surface area contributed by atoms with Crippen LogP contribution in [0.5, 0.6) is 0 Å². The maximum atomic E-state index is 6.27. The summed E-state index contributed by atoms with van der Waals surface area (Å²) in [5, 5.41) is 0.310. The number of halogens is 1. The Balaban J connectivity index is 3.28. The van der Waals surface area contributed by atoms with E-state index in [2.05, 4.69) is 20.8 Å². The molecule has 1 nitrogen and oxygen atoms in total. The van der Waals surface area contributed by atoms with E-state index in [4.69, 9.17) is 16.3 Å². The number of methoxy groups -OCH3 is 1. The molecule has 0 aromatic carbocycles. The molecular weight excluding hydrogens is 196 g/mol. The van der Waals surface area contributed by atoms with Gasteiger partial charge in [0, 0.05) is 19.1 Å². The van der Waals surface area contributed by atoms with Crippen molar-refractivity contribution < 1.29 is 4.74 Å². The van der Waals surface area contributed by atoms with Crippen LogP contribution in [0.4, 0.5) is 0 Å². The van der Waals surface area contributed by atoms with Crippen molar-refractivity contribution in [1.29, 1.82) is 0 Å². The highest BCUT2D eigenvalue weighted by Gasteiger charge is 2.21. The predicted molar refractivity (Wildman–Crippen MR) is 64.1 cm³/mol. The van der Waals surface area contributed by atoms with Gasteiger partial charge < -0.3 is 4.74 Å². The van der Waals surface area contributed by atoms with E-state index < -0.39 is 0 Å². The first-order valence-electron chi connectivity index (χ1n) is 5.61. The number of rotatable bonds is 7. The quantitative estimate of drug-likeness (QED) is 0.461. The van der Waals surface area contributed by atoms with Gasteiger partial charge in [0.2, 0.25) is 0 Å². The van der Waals surface area contributed by atoms with Crippen LogP contribution in [0.2, 0.25) is 0 Å². The second-order valence-electron chi connectivity index (χ2n) is 5.03. The summed E-state index contributed by atoms with van der Waals surface area (Å²) in [6.45, 7) is 7.50. The molecule has 14 heavy (non-hydrogen) atoms. The highest BCUT2D eigenvalue weighted by molar-refractivity contribution is 6.21. The molecule has 86 valence electrons. The molecule has 1 unspecified atom stereocenters. The standard InChI is InChI=1S/C12H25ClO/c1-12(2,3)11(13)9-7-5-6-8-10-14-4/h11H,5-10H2,1-4H3. The van der Waals surface area contributed by atoms with Crippen LogP contribution in [0.3, 0.4) is 0 Å². The van der Waals surface area contributed by atoms with Gasteiger partial charge in [-0.3, -0.25) is 0 Å². The molecule has 0 fully saturated rings. The van der Waals surface area contributed by atoms with Crippen LogP contribution in [0.15, 0.2) is 0 Å². The molecule has 0 aliphatic heterocycles. The van der Waals surface area contributed by atoms with Crippen molar-refractivity contribution >= 4 is 11.6 Å². The molecule has 0 aromatic rings. The Morgan fingerprint density at radius 2 is 1.64 bits per heavy atom. The van der Waals surface area contributed by atoms with E-state index in [1.165, 1.54) is 25.7 Å². The van der Waals surface area contributed by atoms with Crippen LogP contribution in [0, 0.1) is 5.41 Å². The van der Waals surface area contributed by atoms with Crippen molar-refractivity contribution in [3.8, 4) is 0 Å². The molecule has 0 aliphatic rings. The smallest absolute Gasteiger partial charge is 0.0462 e. The van der Waals surface area contributed by atoms with E-state index in [0.29, 0.717) is 5.38 Å². The predicted octanol–water partition coefficient (Wildman–Crippen LogP) is 4.24. The molecule has 0 spiro atoms. The zero-order chi connectivity index (χ0) is 11.0. The summed E-state index contributed by atoms with van der Waals surface area (Å²) in [4.78, 5) is 0. The fourth-order valence-corrected chi connectivity index (χ4v) is 1.51. The van der Waals surface area contributed by atoms with Gasteiger partial charge in [-0.1, -0.05) is 40.0 Å². The number of alkyl halides is 1. The van der Waals surface area contributed by atoms with Gasteiger partial charge in [-0.25, -0.2) is 0 Å². The van der Waals surface area contributed by atoms with Crippen molar-refractivity contribution in [2.24, 2.45) is 5.41 Å². The van der Waals surface area contributed by atoms with Crippen LogP contribution in [-0.4, -0.2) is 19.1 Å². The number of hydrogen-bond acceptors (Lipinski definition) is 1. The van der Waals surface area contributed by atoms with Crippen molar-refractivity contribution in [2.45, 2.75) is 58.3 Å². The zero-order valence-corrected chi connectivity index (χ0v) is 10.9. The van der Waals surface area contributed by atoms with E-state index in [0.717, 1.165) is 13.0 Å². The fourth-order valence-electron chi connectivity index (χ4n) is 1.36. The number of hydrogen-bond donors (Lipinski definition) is 0. The lowest BCUT2D eigenvalue weighted by atomic mass is 9.88. The molecule has 0 bridgehead atoms. The minimum atomic E-state index is 0.244. The third-order valence-corrected chi connectivity index (χ3v) is 3.37. The van der Waals surface area contributed by atoms with Gasteiger partial charge in [0.15, 0.2) is 0 Å². The van der Waals surface area contributed by atoms with Crippen LogP contribution in [0.25, 0.3) is 0 Å². The van der Waals surface area contributed by atoms with Gasteiger partial charge in [0.05, 0.1) is 0 Å². The lowest BCUT2D eigenvalue weighted by Crippen LogP contribution is -2.20. The van der Waals surface area contributed by atoms with Crippen molar-refractivity contribution in [2.75, 3.05) is 13.7 Å². The van der Waals surface area contributed by atoms with E-state index >= 15 is 0 Å². The van der Waals surface area contributed by atoms with Crippen LogP contribution in [0.1, 0.15) is 52.9 Å². The van der Waals surface area contributed by atoms with Crippen LogP contribution < -0.4 is 0 Å². The van der Waals surface area contributed by atoms with Crippen molar-refractivity contribution in [1.82, 2.24) is 0 Å². The third kappa shape index (κ3) is 7.64. The highest BCUT2D eigenvalue weighted by Crippen LogP contribution is 2.28. The highest BCUT2D eigenvalue weighted by atomic mass is 35.5. The van der Waals surface area contributed by atoms with Crippen molar-refractivity contribution in [3.05, 3.63) is 0 Å². The summed E-state index contributed by atoms with van der Waals surface area (Å²) >= 11 is 6.27. The van der Waals surface area contributed by atoms with E-state index in [1.807, 2.05) is 0 Å². The maximum absolute atomic E-state index is 6.27. The lowest BCUT2D eigenvalue weighted by molar-refractivity contribution is 0.191. The van der Waals surface area contributed by atoms with Gasteiger partial charge in [-0.15, -0.1) is 11.6 Å². The Labute approximate surface area is 94.2 Å². The Hall–Kier alpha value is 0.250. The number of unbranched alkanes of at least 4 members (excludes halogenated alkanes) is 3.